The van der Waals surface area contributed by atoms with Crippen molar-refractivity contribution in [3.8, 4) is 0 Å². The fourth-order valence-electron chi connectivity index (χ4n) is 2.49. The van der Waals surface area contributed by atoms with Gasteiger partial charge in [-0.1, -0.05) is 54.6 Å². The van der Waals surface area contributed by atoms with Crippen LogP contribution in [0.1, 0.15) is 0 Å². The minimum absolute atomic E-state index is 0. The van der Waals surface area contributed by atoms with Crippen molar-refractivity contribution in [1.29, 1.82) is 0 Å². The molecule has 0 aliphatic carbocycles. The Morgan fingerprint density at radius 1 is 0.552 bits per heavy atom. The third-order valence-corrected chi connectivity index (χ3v) is 6.27. The molecular weight excluding hydrogens is 433 g/mol. The molecule has 153 valence electrons. The van der Waals surface area contributed by atoms with Gasteiger partial charge in [0.15, 0.2) is 0 Å². The van der Waals surface area contributed by atoms with Gasteiger partial charge in [-0.05, 0) is 44.3 Å². The minimum Gasteiger partial charge on any atom is -0.999 e. The van der Waals surface area contributed by atoms with Crippen LogP contribution in [0.5, 0.6) is 0 Å². The van der Waals surface area contributed by atoms with Crippen LogP contribution < -0.4 is 15.9 Å². The van der Waals surface area contributed by atoms with Crippen LogP contribution in [0.15, 0.2) is 97.1 Å². The first-order valence-electron chi connectivity index (χ1n) is 9.31. The van der Waals surface area contributed by atoms with E-state index in [2.05, 4.69) is 135 Å². The van der Waals surface area contributed by atoms with Crippen molar-refractivity contribution in [3.05, 3.63) is 121 Å². The van der Waals surface area contributed by atoms with Crippen molar-refractivity contribution in [3.63, 3.8) is 0 Å². The third-order valence-electron chi connectivity index (χ3n) is 3.54. The molecule has 0 nitrogen and oxygen atoms in total. The Balaban J connectivity index is 0.000000352. The number of benzene rings is 3. The van der Waals surface area contributed by atoms with Gasteiger partial charge in [-0.2, -0.15) is 0 Å². The Hall–Kier alpha value is -1.62. The van der Waals surface area contributed by atoms with E-state index in [1.165, 1.54) is 15.9 Å². The maximum absolute atomic E-state index is 2.62. The van der Waals surface area contributed by atoms with Gasteiger partial charge in [-0.3, -0.25) is 0 Å². The predicted molar refractivity (Wildman–Crippen MR) is 130 cm³/mol. The van der Waals surface area contributed by atoms with Crippen LogP contribution in [0.3, 0.4) is 0 Å². The first kappa shape index (κ1) is 25.4. The Morgan fingerprint density at radius 2 is 0.828 bits per heavy atom. The molecule has 4 aromatic carbocycles. The second kappa shape index (κ2) is 15.2. The van der Waals surface area contributed by atoms with E-state index >= 15 is 0 Å². The molecule has 0 saturated heterocycles. The van der Waals surface area contributed by atoms with Crippen LogP contribution in [-0.4, -0.2) is 20.0 Å². The van der Waals surface area contributed by atoms with Gasteiger partial charge in [-0.25, -0.2) is 0 Å². The molecule has 0 N–H and O–H groups in total. The SMILES string of the molecule is C[PH+](C)C.[Co].[c-]1[c-][c-][cH-][c-]1.c1ccc([PH+](c2ccccc2)c2ccccc2)cc1. The molecule has 0 heterocycles. The van der Waals surface area contributed by atoms with Crippen LogP contribution in [0.4, 0.5) is 0 Å². The summed E-state index contributed by atoms with van der Waals surface area (Å²) >= 11 is 0. The molecule has 1 radical (unpaired) electrons. The van der Waals surface area contributed by atoms with Crippen molar-refractivity contribution in [2.24, 2.45) is 0 Å². The molecule has 3 heteroatoms. The van der Waals surface area contributed by atoms with Gasteiger partial charge >= 0.3 is 0 Å². The molecule has 0 amide bonds. The fraction of sp³-hybridized carbons (Fsp3) is 0.115. The second-order valence-corrected chi connectivity index (χ2v) is 12.1. The van der Waals surface area contributed by atoms with Crippen LogP contribution in [0, 0.1) is 24.3 Å². The summed E-state index contributed by atoms with van der Waals surface area (Å²) in [6, 6.07) is 44.5. The van der Waals surface area contributed by atoms with Crippen molar-refractivity contribution in [2.45, 2.75) is 0 Å². The molecule has 0 spiro atoms. The molecule has 0 atom stereocenters. The van der Waals surface area contributed by atoms with Gasteiger partial charge in [0.25, 0.3) is 0 Å². The predicted octanol–water partition coefficient (Wildman–Crippen LogP) is 4.87. The maximum Gasteiger partial charge on any atom is 0.102 e. The van der Waals surface area contributed by atoms with E-state index in [1.54, 1.807) is 6.07 Å². The Morgan fingerprint density at radius 3 is 1.03 bits per heavy atom. The summed E-state index contributed by atoms with van der Waals surface area (Å²) in [6.45, 7) is 6.81. The van der Waals surface area contributed by atoms with Gasteiger partial charge in [0.1, 0.15) is 15.9 Å². The minimum atomic E-state index is -0.877. The molecule has 4 aromatic rings. The number of hydrogen-bond acceptors (Lipinski definition) is 0. The molecule has 0 bridgehead atoms. The Labute approximate surface area is 189 Å². The van der Waals surface area contributed by atoms with Crippen LogP contribution in [0.25, 0.3) is 0 Å². The molecule has 4 rings (SSSR count). The van der Waals surface area contributed by atoms with E-state index in [1.807, 2.05) is 0 Å². The van der Waals surface area contributed by atoms with Crippen molar-refractivity contribution in [2.75, 3.05) is 20.0 Å². The van der Waals surface area contributed by atoms with E-state index in [0.717, 1.165) is 0 Å². The number of rotatable bonds is 3. The van der Waals surface area contributed by atoms with E-state index < -0.39 is 7.92 Å². The topological polar surface area (TPSA) is 0 Å². The molecule has 0 fully saturated rings. The molecule has 0 aromatic heterocycles. The van der Waals surface area contributed by atoms with Crippen LogP contribution >= 0.6 is 15.8 Å². The van der Waals surface area contributed by atoms with E-state index in [-0.39, 0.29) is 24.7 Å². The summed E-state index contributed by atoms with van der Waals surface area (Å²) in [5.41, 5.74) is 0. The van der Waals surface area contributed by atoms with Crippen molar-refractivity contribution < 1.29 is 16.8 Å². The van der Waals surface area contributed by atoms with Crippen molar-refractivity contribution in [1.82, 2.24) is 0 Å². The standard InChI is InChI=1S/C18H15P.C5H.C3H9P.Co/c1-4-10-16(11-5-1)19(17-12-6-2-7-13-17)18-14-8-3-9-15-18;1-2-4-5-3-1;1-4(2)3;/h1-15H;1H;1-3H3;/q;-5;;/p+2. The summed E-state index contributed by atoms with van der Waals surface area (Å²) in [4.78, 5) is 0. The average Bonchev–Trinajstić information content (AvgIpc) is 3.31. The van der Waals surface area contributed by atoms with Gasteiger partial charge in [0.05, 0.1) is 7.92 Å². The molecule has 0 saturated carbocycles. The number of hydrogen-bond donors (Lipinski definition) is 0. The van der Waals surface area contributed by atoms with Crippen LogP contribution in [-0.2, 0) is 16.8 Å². The monoisotopic (exact) mass is 460 g/mol. The van der Waals surface area contributed by atoms with Gasteiger partial charge in [-0.15, -0.1) is 0 Å². The summed E-state index contributed by atoms with van der Waals surface area (Å²) in [6.07, 6.45) is 0. The quantitative estimate of drug-likeness (QED) is 0.302. The van der Waals surface area contributed by atoms with E-state index in [0.29, 0.717) is 0 Å². The first-order chi connectivity index (χ1) is 13.7. The summed E-state index contributed by atoms with van der Waals surface area (Å²) in [5.74, 6) is 0. The van der Waals surface area contributed by atoms with Gasteiger partial charge in [0.2, 0.25) is 0 Å². The zero-order valence-electron chi connectivity index (χ0n) is 17.1. The summed E-state index contributed by atoms with van der Waals surface area (Å²) in [5, 5.41) is 4.31. The zero-order valence-corrected chi connectivity index (χ0v) is 20.1. The second-order valence-electron chi connectivity index (χ2n) is 6.66. The summed E-state index contributed by atoms with van der Waals surface area (Å²) < 4.78 is 0. The zero-order chi connectivity index (χ0) is 20.0. The van der Waals surface area contributed by atoms with Crippen molar-refractivity contribution >= 4 is 31.8 Å². The third kappa shape index (κ3) is 10.1. The molecule has 0 aliphatic rings. The smallest absolute Gasteiger partial charge is 0.102 e. The fourth-order valence-corrected chi connectivity index (χ4v) is 5.07. The largest absolute Gasteiger partial charge is 0.999 e. The molecule has 0 unspecified atom stereocenters. The molecular formula is C26H27CoP2-3. The maximum atomic E-state index is 2.62. The van der Waals surface area contributed by atoms with E-state index in [4.69, 9.17) is 0 Å². The first-order valence-corrected chi connectivity index (χ1v) is 13.8. The Kier molecular flexibility index (Phi) is 13.4. The normalized spacial score (nSPS) is 9.55. The van der Waals surface area contributed by atoms with E-state index in [9.17, 15) is 0 Å². The molecule has 29 heavy (non-hydrogen) atoms. The van der Waals surface area contributed by atoms with Gasteiger partial charge in [0, 0.05) is 36.8 Å². The molecule has 0 aliphatic heterocycles. The Bertz CT molecular complexity index is 731. The average molecular weight is 460 g/mol. The summed E-state index contributed by atoms with van der Waals surface area (Å²) in [7, 11) is -0.757. The van der Waals surface area contributed by atoms with Crippen LogP contribution in [0.2, 0.25) is 0 Å². The van der Waals surface area contributed by atoms with Gasteiger partial charge < -0.3 is 30.3 Å².